The molecule has 0 aliphatic heterocycles. The quantitative estimate of drug-likeness (QED) is 0.363. The van der Waals surface area contributed by atoms with Gasteiger partial charge in [0.15, 0.2) is 0 Å². The van der Waals surface area contributed by atoms with Gasteiger partial charge in [-0.05, 0) is 31.2 Å². The number of anilines is 1. The molecule has 0 atom stereocenters. The van der Waals surface area contributed by atoms with Gasteiger partial charge in [0.05, 0.1) is 42.1 Å². The lowest BCUT2D eigenvalue weighted by Crippen LogP contribution is -2.11. The number of benzene rings is 1. The normalized spacial score (nSPS) is 11.9. The van der Waals surface area contributed by atoms with Gasteiger partial charge in [0.25, 0.3) is 0 Å². The highest BCUT2D eigenvalue weighted by atomic mass is 16.5. The van der Waals surface area contributed by atoms with Gasteiger partial charge in [-0.15, -0.1) is 0 Å². The number of hydrazone groups is 1. The number of aromatic nitrogens is 3. The van der Waals surface area contributed by atoms with E-state index in [1.54, 1.807) is 19.4 Å². The second-order valence-electron chi connectivity index (χ2n) is 6.40. The molecule has 3 rings (SSSR count). The molecule has 4 N–H and O–H groups in total. The molecule has 8 nitrogen and oxygen atoms in total. The highest BCUT2D eigenvalue weighted by Gasteiger charge is 2.09. The van der Waals surface area contributed by atoms with E-state index in [0.717, 1.165) is 22.5 Å². The summed E-state index contributed by atoms with van der Waals surface area (Å²) in [4.78, 5) is 17.4. The van der Waals surface area contributed by atoms with Crippen molar-refractivity contribution < 1.29 is 4.74 Å². The average Bonchev–Trinajstić information content (AvgIpc) is 2.71. The predicted molar refractivity (Wildman–Crippen MR) is 114 cm³/mol. The summed E-state index contributed by atoms with van der Waals surface area (Å²) >= 11 is 0. The van der Waals surface area contributed by atoms with Crippen molar-refractivity contribution in [2.45, 2.75) is 20.1 Å². The second-order valence-corrected chi connectivity index (χ2v) is 6.40. The summed E-state index contributed by atoms with van der Waals surface area (Å²) in [5, 5.41) is 3.81. The monoisotopic (exact) mass is 389 g/mol. The number of nitrogens with two attached hydrogens (primary N) is 2. The van der Waals surface area contributed by atoms with Crippen LogP contribution >= 0.6 is 0 Å². The van der Waals surface area contributed by atoms with Crippen LogP contribution in [-0.2, 0) is 17.9 Å². The molecule has 29 heavy (non-hydrogen) atoms. The first-order chi connectivity index (χ1) is 14.1. The van der Waals surface area contributed by atoms with Crippen LogP contribution in [0, 0.1) is 6.92 Å². The molecular weight excluding hydrogens is 366 g/mol. The Hall–Kier alpha value is -3.65. The molecule has 0 fully saturated rings. The summed E-state index contributed by atoms with van der Waals surface area (Å²) in [6, 6.07) is 15.5. The highest BCUT2D eigenvalue weighted by Crippen LogP contribution is 2.20. The smallest absolute Gasteiger partial charge is 0.221 e. The van der Waals surface area contributed by atoms with Crippen LogP contribution in [0.15, 0.2) is 58.6 Å². The van der Waals surface area contributed by atoms with E-state index in [0.29, 0.717) is 30.3 Å². The van der Waals surface area contributed by atoms with Crippen LogP contribution in [0.5, 0.6) is 0 Å². The molecule has 2 aromatic heterocycles. The molecule has 0 aliphatic carbocycles. The Kier molecular flexibility index (Phi) is 6.59. The lowest BCUT2D eigenvalue weighted by Gasteiger charge is -2.06. The van der Waals surface area contributed by atoms with Gasteiger partial charge in [0.1, 0.15) is 5.71 Å². The van der Waals surface area contributed by atoms with E-state index in [1.165, 1.54) is 0 Å². The van der Waals surface area contributed by atoms with E-state index >= 15 is 0 Å². The van der Waals surface area contributed by atoms with Crippen molar-refractivity contribution in [1.29, 1.82) is 0 Å². The maximum absolute atomic E-state index is 5.91. The Balaban J connectivity index is 1.81. The average molecular weight is 389 g/mol. The molecule has 148 valence electrons. The van der Waals surface area contributed by atoms with Gasteiger partial charge in [0, 0.05) is 12.7 Å². The first kappa shape index (κ1) is 20.1. The third kappa shape index (κ3) is 5.43. The maximum atomic E-state index is 5.91. The van der Waals surface area contributed by atoms with Gasteiger partial charge < -0.3 is 16.3 Å². The minimum absolute atomic E-state index is 0.141. The fourth-order valence-electron chi connectivity index (χ4n) is 2.79. The van der Waals surface area contributed by atoms with E-state index in [4.69, 9.17) is 16.3 Å². The molecule has 0 saturated carbocycles. The van der Waals surface area contributed by atoms with Gasteiger partial charge in [-0.25, -0.2) is 9.97 Å². The van der Waals surface area contributed by atoms with Crippen LogP contribution in [0.1, 0.15) is 22.6 Å². The lowest BCUT2D eigenvalue weighted by molar-refractivity contribution is 0.181. The number of rotatable bonds is 7. The number of hydrogen-bond acceptors (Lipinski definition) is 8. The standard InChI is InChI=1S/C21H23N7O/c1-14-5-3-6-15(9-14)18-10-19(27-21(22)26-18)20(28-23)12-24-11-16-7-4-8-17(25-16)13-29-2/h3-10,12H,11,13,23H2,1-2H3,(H2,22,26,27). The molecule has 0 radical (unpaired) electrons. The molecule has 8 heteroatoms. The Morgan fingerprint density at radius 3 is 2.62 bits per heavy atom. The largest absolute Gasteiger partial charge is 0.378 e. The minimum atomic E-state index is 0.141. The first-order valence-corrected chi connectivity index (χ1v) is 9.02. The predicted octanol–water partition coefficient (Wildman–Crippen LogP) is 2.51. The molecule has 1 aromatic carbocycles. The number of methoxy groups -OCH3 is 1. The summed E-state index contributed by atoms with van der Waals surface area (Å²) in [7, 11) is 1.63. The van der Waals surface area contributed by atoms with E-state index < -0.39 is 0 Å². The molecule has 0 amide bonds. The summed E-state index contributed by atoms with van der Waals surface area (Å²) in [5.41, 5.74) is 11.2. The fraction of sp³-hybridized carbons (Fsp3) is 0.190. The Morgan fingerprint density at radius 2 is 1.86 bits per heavy atom. The molecule has 0 spiro atoms. The van der Waals surface area contributed by atoms with Gasteiger partial charge in [-0.2, -0.15) is 5.10 Å². The molecule has 3 aromatic rings. The molecule has 0 aliphatic rings. The summed E-state index contributed by atoms with van der Waals surface area (Å²) in [6.45, 7) is 2.85. The molecule has 0 unspecified atom stereocenters. The van der Waals surface area contributed by atoms with Crippen molar-refractivity contribution in [3.8, 4) is 11.3 Å². The first-order valence-electron chi connectivity index (χ1n) is 9.02. The van der Waals surface area contributed by atoms with Gasteiger partial charge in [-0.1, -0.05) is 29.8 Å². The summed E-state index contributed by atoms with van der Waals surface area (Å²) in [6.07, 6.45) is 1.56. The second kappa shape index (κ2) is 9.52. The van der Waals surface area contributed by atoms with E-state index in [9.17, 15) is 0 Å². The van der Waals surface area contributed by atoms with Crippen molar-refractivity contribution in [2.75, 3.05) is 12.8 Å². The highest BCUT2D eigenvalue weighted by molar-refractivity contribution is 6.37. The van der Waals surface area contributed by atoms with Crippen molar-refractivity contribution in [1.82, 2.24) is 15.0 Å². The number of nitrogens with zero attached hydrogens (tertiary/aromatic N) is 5. The summed E-state index contributed by atoms with van der Waals surface area (Å²) in [5.74, 6) is 5.72. The SMILES string of the molecule is COCc1cccc(CN=CC(=NN)c2cc(-c3cccc(C)c3)nc(N)n2)n1. The lowest BCUT2D eigenvalue weighted by atomic mass is 10.1. The van der Waals surface area contributed by atoms with Crippen molar-refractivity contribution in [2.24, 2.45) is 15.9 Å². The van der Waals surface area contributed by atoms with Crippen LogP contribution < -0.4 is 11.6 Å². The van der Waals surface area contributed by atoms with Crippen LogP contribution in [0.4, 0.5) is 5.95 Å². The fourth-order valence-corrected chi connectivity index (χ4v) is 2.79. The topological polar surface area (TPSA) is 125 Å². The molecular formula is C21H23N7O. The molecule has 0 saturated heterocycles. The van der Waals surface area contributed by atoms with E-state index in [2.05, 4.69) is 25.0 Å². The summed E-state index contributed by atoms with van der Waals surface area (Å²) < 4.78 is 5.10. The van der Waals surface area contributed by atoms with E-state index in [1.807, 2.05) is 49.4 Å². The zero-order chi connectivity index (χ0) is 20.6. The van der Waals surface area contributed by atoms with Crippen molar-refractivity contribution in [3.63, 3.8) is 0 Å². The third-order valence-corrected chi connectivity index (χ3v) is 4.08. The number of aryl methyl sites for hydroxylation is 1. The maximum Gasteiger partial charge on any atom is 0.221 e. The number of pyridine rings is 1. The zero-order valence-electron chi connectivity index (χ0n) is 16.4. The Bertz CT molecular complexity index is 1050. The molecule has 0 bridgehead atoms. The van der Waals surface area contributed by atoms with Crippen LogP contribution in [0.25, 0.3) is 11.3 Å². The number of hydrogen-bond donors (Lipinski definition) is 2. The van der Waals surface area contributed by atoms with Crippen LogP contribution in [-0.4, -0.2) is 34.0 Å². The van der Waals surface area contributed by atoms with Gasteiger partial charge in [0.2, 0.25) is 5.95 Å². The van der Waals surface area contributed by atoms with Crippen LogP contribution in [0.3, 0.4) is 0 Å². The number of aliphatic imine (C=N–C) groups is 1. The van der Waals surface area contributed by atoms with Crippen molar-refractivity contribution >= 4 is 17.9 Å². The minimum Gasteiger partial charge on any atom is -0.378 e. The number of nitrogen functional groups attached to an aromatic ring is 1. The third-order valence-electron chi connectivity index (χ3n) is 4.08. The molecule has 2 heterocycles. The number of ether oxygens (including phenoxy) is 1. The van der Waals surface area contributed by atoms with Gasteiger partial charge >= 0.3 is 0 Å². The van der Waals surface area contributed by atoms with Crippen LogP contribution in [0.2, 0.25) is 0 Å². The van der Waals surface area contributed by atoms with Gasteiger partial charge in [-0.3, -0.25) is 9.98 Å². The van der Waals surface area contributed by atoms with E-state index in [-0.39, 0.29) is 5.95 Å². The zero-order valence-corrected chi connectivity index (χ0v) is 16.4. The Labute approximate surface area is 169 Å². The van der Waals surface area contributed by atoms with Crippen molar-refractivity contribution in [3.05, 3.63) is 71.2 Å². The Morgan fingerprint density at radius 1 is 1.07 bits per heavy atom.